The maximum absolute atomic E-state index is 12.7. The summed E-state index contributed by atoms with van der Waals surface area (Å²) in [7, 11) is 0. The Kier molecular flexibility index (Phi) is 5.29. The van der Waals surface area contributed by atoms with E-state index in [0.29, 0.717) is 18.8 Å². The van der Waals surface area contributed by atoms with Gasteiger partial charge in [0.1, 0.15) is 5.82 Å². The van der Waals surface area contributed by atoms with Crippen LogP contribution < -0.4 is 16.4 Å². The van der Waals surface area contributed by atoms with Crippen LogP contribution in [-0.2, 0) is 13.0 Å². The molecule has 0 fully saturated rings. The predicted octanol–water partition coefficient (Wildman–Crippen LogP) is 2.65. The summed E-state index contributed by atoms with van der Waals surface area (Å²) in [6, 6.07) is 13.2. The molecular weight excluding hydrogens is 269 g/mol. The number of carbonyl (C=O) groups excluding carboxylic acids is 1. The minimum Gasteiger partial charge on any atom is -0.334 e. The van der Waals surface area contributed by atoms with E-state index in [9.17, 15) is 9.18 Å². The van der Waals surface area contributed by atoms with E-state index in [1.54, 1.807) is 0 Å². The molecule has 2 amide bonds. The van der Waals surface area contributed by atoms with Crippen molar-refractivity contribution in [1.82, 2.24) is 5.32 Å². The molecule has 0 aliphatic rings. The number of hydrogen-bond acceptors (Lipinski definition) is 2. The minimum atomic E-state index is -0.335. The average Bonchev–Trinajstić information content (AvgIpc) is 2.49. The van der Waals surface area contributed by atoms with E-state index >= 15 is 0 Å². The van der Waals surface area contributed by atoms with Gasteiger partial charge < -0.3 is 16.4 Å². The molecule has 4 nitrogen and oxygen atoms in total. The van der Waals surface area contributed by atoms with Gasteiger partial charge >= 0.3 is 6.03 Å². The number of carbonyl (C=O) groups is 1. The topological polar surface area (TPSA) is 67.1 Å². The molecule has 2 rings (SSSR count). The summed E-state index contributed by atoms with van der Waals surface area (Å²) in [5.41, 5.74) is 8.22. The van der Waals surface area contributed by atoms with Crippen LogP contribution in [-0.4, -0.2) is 12.6 Å². The lowest BCUT2D eigenvalue weighted by molar-refractivity contribution is 0.251. The lowest BCUT2D eigenvalue weighted by atomic mass is 10.1. The Morgan fingerprint density at radius 3 is 2.24 bits per heavy atom. The number of halogens is 1. The molecule has 0 unspecified atom stereocenters. The molecule has 4 N–H and O–H groups in total. The Morgan fingerprint density at radius 1 is 1.00 bits per heavy atom. The molecule has 0 saturated heterocycles. The van der Waals surface area contributed by atoms with Crippen molar-refractivity contribution in [2.75, 3.05) is 11.9 Å². The number of urea groups is 1. The van der Waals surface area contributed by atoms with Gasteiger partial charge in [0.25, 0.3) is 0 Å². The predicted molar refractivity (Wildman–Crippen MR) is 81.5 cm³/mol. The highest BCUT2D eigenvalue weighted by Crippen LogP contribution is 2.08. The Hall–Kier alpha value is -2.40. The fraction of sp³-hybridized carbons (Fsp3) is 0.188. The number of nitrogens with two attached hydrogens (primary N) is 1. The van der Waals surface area contributed by atoms with Gasteiger partial charge in [0.15, 0.2) is 0 Å². The highest BCUT2D eigenvalue weighted by atomic mass is 19.1. The monoisotopic (exact) mass is 287 g/mol. The van der Waals surface area contributed by atoms with Crippen molar-refractivity contribution >= 4 is 11.7 Å². The van der Waals surface area contributed by atoms with Crippen LogP contribution in [0.3, 0.4) is 0 Å². The van der Waals surface area contributed by atoms with Crippen molar-refractivity contribution in [2.45, 2.75) is 13.0 Å². The molecule has 0 heterocycles. The smallest absolute Gasteiger partial charge is 0.319 e. The number of amides is 2. The second kappa shape index (κ2) is 7.40. The van der Waals surface area contributed by atoms with Crippen LogP contribution in [0, 0.1) is 5.82 Å². The Balaban J connectivity index is 1.81. The van der Waals surface area contributed by atoms with Gasteiger partial charge in [-0.2, -0.15) is 0 Å². The van der Waals surface area contributed by atoms with Gasteiger partial charge in [-0.3, -0.25) is 0 Å². The molecule has 0 atom stereocenters. The van der Waals surface area contributed by atoms with Gasteiger partial charge in [-0.05, 0) is 48.4 Å². The number of anilines is 1. The number of benzene rings is 2. The SMILES string of the molecule is NCCc1ccc(CNC(=O)Nc2ccc(F)cc2)cc1. The molecule has 0 bridgehead atoms. The van der Waals surface area contributed by atoms with Crippen molar-refractivity contribution in [3.8, 4) is 0 Å². The molecule has 0 aliphatic carbocycles. The lowest BCUT2D eigenvalue weighted by Crippen LogP contribution is -2.28. The highest BCUT2D eigenvalue weighted by Gasteiger charge is 2.02. The number of rotatable bonds is 5. The van der Waals surface area contributed by atoms with Crippen molar-refractivity contribution in [2.24, 2.45) is 5.73 Å². The molecule has 110 valence electrons. The van der Waals surface area contributed by atoms with E-state index in [1.807, 2.05) is 24.3 Å². The largest absolute Gasteiger partial charge is 0.334 e. The summed E-state index contributed by atoms with van der Waals surface area (Å²) in [5.74, 6) is -0.335. The molecule has 2 aromatic rings. The van der Waals surface area contributed by atoms with Crippen molar-refractivity contribution in [3.63, 3.8) is 0 Å². The van der Waals surface area contributed by atoms with Crippen LogP contribution in [0.4, 0.5) is 14.9 Å². The summed E-state index contributed by atoms with van der Waals surface area (Å²) in [5, 5.41) is 5.38. The maximum atomic E-state index is 12.7. The fourth-order valence-corrected chi connectivity index (χ4v) is 1.88. The maximum Gasteiger partial charge on any atom is 0.319 e. The molecular formula is C16H18FN3O. The molecule has 5 heteroatoms. The molecule has 0 radical (unpaired) electrons. The quantitative estimate of drug-likeness (QED) is 0.791. The highest BCUT2D eigenvalue weighted by molar-refractivity contribution is 5.89. The molecule has 21 heavy (non-hydrogen) atoms. The van der Waals surface area contributed by atoms with E-state index in [2.05, 4.69) is 10.6 Å². The van der Waals surface area contributed by atoms with Crippen LogP contribution in [0.15, 0.2) is 48.5 Å². The Morgan fingerprint density at radius 2 is 1.62 bits per heavy atom. The van der Waals surface area contributed by atoms with Gasteiger partial charge in [-0.1, -0.05) is 24.3 Å². The summed E-state index contributed by atoms with van der Waals surface area (Å²) >= 11 is 0. The van der Waals surface area contributed by atoms with Crippen LogP contribution in [0.5, 0.6) is 0 Å². The van der Waals surface area contributed by atoms with Crippen molar-refractivity contribution < 1.29 is 9.18 Å². The Labute approximate surface area is 123 Å². The first-order valence-corrected chi connectivity index (χ1v) is 6.75. The molecule has 2 aromatic carbocycles. The van der Waals surface area contributed by atoms with E-state index in [-0.39, 0.29) is 11.8 Å². The number of hydrogen-bond donors (Lipinski definition) is 3. The molecule has 0 spiro atoms. The fourth-order valence-electron chi connectivity index (χ4n) is 1.88. The molecule has 0 aliphatic heterocycles. The summed E-state index contributed by atoms with van der Waals surface area (Å²) < 4.78 is 12.7. The van der Waals surface area contributed by atoms with E-state index in [4.69, 9.17) is 5.73 Å². The second-order valence-corrected chi connectivity index (χ2v) is 4.67. The normalized spacial score (nSPS) is 10.2. The first-order chi connectivity index (χ1) is 10.2. The third-order valence-electron chi connectivity index (χ3n) is 3.01. The zero-order valence-electron chi connectivity index (χ0n) is 11.6. The summed E-state index contributed by atoms with van der Waals surface area (Å²) in [6.45, 7) is 1.05. The van der Waals surface area contributed by atoms with Crippen LogP contribution >= 0.6 is 0 Å². The van der Waals surface area contributed by atoms with Gasteiger partial charge in [-0.15, -0.1) is 0 Å². The average molecular weight is 287 g/mol. The first-order valence-electron chi connectivity index (χ1n) is 6.75. The van der Waals surface area contributed by atoms with Crippen LogP contribution in [0.1, 0.15) is 11.1 Å². The van der Waals surface area contributed by atoms with E-state index < -0.39 is 0 Å². The lowest BCUT2D eigenvalue weighted by Gasteiger charge is -2.08. The Bertz CT molecular complexity index is 581. The number of nitrogens with one attached hydrogen (secondary N) is 2. The third kappa shape index (κ3) is 4.89. The van der Waals surface area contributed by atoms with Crippen LogP contribution in [0.2, 0.25) is 0 Å². The van der Waals surface area contributed by atoms with Crippen molar-refractivity contribution in [3.05, 3.63) is 65.5 Å². The standard InChI is InChI=1S/C16H18FN3O/c17-14-5-7-15(8-6-14)20-16(21)19-11-13-3-1-12(2-4-13)9-10-18/h1-8H,9-11,18H2,(H2,19,20,21). The molecule has 0 saturated carbocycles. The zero-order chi connectivity index (χ0) is 15.1. The summed E-state index contributed by atoms with van der Waals surface area (Å²) in [4.78, 5) is 11.7. The third-order valence-corrected chi connectivity index (χ3v) is 3.01. The van der Waals surface area contributed by atoms with E-state index in [0.717, 1.165) is 12.0 Å². The zero-order valence-corrected chi connectivity index (χ0v) is 11.6. The van der Waals surface area contributed by atoms with Gasteiger partial charge in [0, 0.05) is 12.2 Å². The van der Waals surface area contributed by atoms with Gasteiger partial charge in [0.2, 0.25) is 0 Å². The van der Waals surface area contributed by atoms with E-state index in [1.165, 1.54) is 29.8 Å². The van der Waals surface area contributed by atoms with Gasteiger partial charge in [0.05, 0.1) is 0 Å². The van der Waals surface area contributed by atoms with Crippen molar-refractivity contribution in [1.29, 1.82) is 0 Å². The minimum absolute atomic E-state index is 0.326. The molecule has 0 aromatic heterocycles. The van der Waals surface area contributed by atoms with Gasteiger partial charge in [-0.25, -0.2) is 9.18 Å². The second-order valence-electron chi connectivity index (χ2n) is 4.67. The first kappa shape index (κ1) is 15.0. The van der Waals surface area contributed by atoms with Crippen LogP contribution in [0.25, 0.3) is 0 Å². The summed E-state index contributed by atoms with van der Waals surface area (Å²) in [6.07, 6.45) is 0.846.